The largest absolute Gasteiger partial charge is 0.369 e. The summed E-state index contributed by atoms with van der Waals surface area (Å²) in [4.78, 5) is 22.5. The summed E-state index contributed by atoms with van der Waals surface area (Å²) < 4.78 is 0. The predicted molar refractivity (Wildman–Crippen MR) is 191 cm³/mol. The van der Waals surface area contributed by atoms with Gasteiger partial charge in [0.05, 0.1) is 15.3 Å². The van der Waals surface area contributed by atoms with E-state index in [0.717, 1.165) is 34.6 Å². The quantitative estimate of drug-likeness (QED) is 0.304. The third kappa shape index (κ3) is 3.98. The van der Waals surface area contributed by atoms with Gasteiger partial charge in [0, 0.05) is 48.9 Å². The number of hydrogen-bond donors (Lipinski definition) is 1. The van der Waals surface area contributed by atoms with Crippen LogP contribution in [0.15, 0.2) is 40.5 Å². The third-order valence-corrected chi connectivity index (χ3v) is 16.3. The molecule has 4 heterocycles. The van der Waals surface area contributed by atoms with Crippen molar-refractivity contribution in [2.45, 2.75) is 93.2 Å². The molecule has 0 spiro atoms. The van der Waals surface area contributed by atoms with Gasteiger partial charge in [0.1, 0.15) is 0 Å². The Morgan fingerprint density at radius 1 is 0.844 bits per heavy atom. The second kappa shape index (κ2) is 9.53. The zero-order chi connectivity index (χ0) is 32.1. The molecule has 3 aromatic rings. The molecular formula is C39H43NO2S3. The van der Waals surface area contributed by atoms with E-state index in [1.807, 2.05) is 22.7 Å². The third-order valence-electron chi connectivity index (χ3n) is 11.6. The van der Waals surface area contributed by atoms with E-state index >= 15 is 0 Å². The molecule has 234 valence electrons. The highest BCUT2D eigenvalue weighted by atomic mass is 32.1. The molecule has 1 fully saturated rings. The normalized spacial score (nSPS) is 25.8. The molecule has 0 saturated heterocycles. The van der Waals surface area contributed by atoms with Crippen molar-refractivity contribution in [3.8, 4) is 19.5 Å². The van der Waals surface area contributed by atoms with Crippen LogP contribution in [0.25, 0.3) is 25.1 Å². The fourth-order valence-electron chi connectivity index (χ4n) is 8.51. The van der Waals surface area contributed by atoms with Gasteiger partial charge in [-0.3, -0.25) is 4.79 Å². The SMILES string of the molecule is CC1=C(C2C=C3C(=CC2C)C3(C)C)CCC(c2sc(-c3sc(-c4sc5c(c4C)CC5(C)C)c4c3C(O)N(C)C4=O)c(C)c2C)=C1. The smallest absolute Gasteiger partial charge is 0.257 e. The Morgan fingerprint density at radius 3 is 2.16 bits per heavy atom. The standard InChI is InChI=1S/C39H43NO2S3/c1-17-13-22(11-12-23(17)24-15-27-26(14-18(24)2)39(27,8)9)30-19(3)20(4)31(43-30)33-28-29(37(42)40(10)36(28)41)34(44-33)32-21(5)25-16-38(6,7)35(25)45-32/h13-15,18,24,36,41H,11-12,16H2,1-10H3. The van der Waals surface area contributed by atoms with Crippen molar-refractivity contribution in [3.63, 3.8) is 0 Å². The van der Waals surface area contributed by atoms with E-state index in [2.05, 4.69) is 80.5 Å². The Hall–Kier alpha value is -2.51. The maximum atomic E-state index is 13.6. The van der Waals surface area contributed by atoms with Crippen LogP contribution in [-0.4, -0.2) is 23.0 Å². The van der Waals surface area contributed by atoms with Crippen LogP contribution in [0.5, 0.6) is 0 Å². The Labute approximate surface area is 279 Å². The predicted octanol–water partition coefficient (Wildman–Crippen LogP) is 10.7. The van der Waals surface area contributed by atoms with E-state index in [0.29, 0.717) is 17.4 Å². The summed E-state index contributed by atoms with van der Waals surface area (Å²) in [5.41, 5.74) is 14.9. The number of carbonyl (C=O) groups is 1. The Bertz CT molecular complexity index is 2000. The molecule has 3 unspecified atom stereocenters. The van der Waals surface area contributed by atoms with Gasteiger partial charge in [-0.2, -0.15) is 0 Å². The molecule has 45 heavy (non-hydrogen) atoms. The molecule has 8 rings (SSSR count). The molecular weight excluding hydrogens is 611 g/mol. The fourth-order valence-corrected chi connectivity index (χ4v) is 13.0. The number of thiophene rings is 3. The lowest BCUT2D eigenvalue weighted by molar-refractivity contribution is 0.0304. The van der Waals surface area contributed by atoms with Crippen molar-refractivity contribution in [2.24, 2.45) is 17.3 Å². The summed E-state index contributed by atoms with van der Waals surface area (Å²) in [5, 5.41) is 11.4. The van der Waals surface area contributed by atoms with Gasteiger partial charge in [-0.25, -0.2) is 0 Å². The highest BCUT2D eigenvalue weighted by Crippen LogP contribution is 2.62. The maximum Gasteiger partial charge on any atom is 0.257 e. The summed E-state index contributed by atoms with van der Waals surface area (Å²) in [6.07, 6.45) is 9.86. The zero-order valence-corrected chi connectivity index (χ0v) is 30.6. The van der Waals surface area contributed by atoms with Gasteiger partial charge in [-0.15, -0.1) is 34.0 Å². The van der Waals surface area contributed by atoms with Crippen molar-refractivity contribution < 1.29 is 9.90 Å². The van der Waals surface area contributed by atoms with Crippen molar-refractivity contribution in [1.82, 2.24) is 4.90 Å². The molecule has 0 radical (unpaired) electrons. The van der Waals surface area contributed by atoms with Crippen molar-refractivity contribution in [3.05, 3.63) is 83.7 Å². The van der Waals surface area contributed by atoms with Crippen LogP contribution in [0, 0.1) is 38.0 Å². The van der Waals surface area contributed by atoms with Crippen molar-refractivity contribution in [2.75, 3.05) is 7.05 Å². The van der Waals surface area contributed by atoms with Crippen LogP contribution in [0.1, 0.15) is 109 Å². The number of amides is 1. The van der Waals surface area contributed by atoms with Gasteiger partial charge in [0.15, 0.2) is 6.23 Å². The summed E-state index contributed by atoms with van der Waals surface area (Å²) in [6, 6.07) is 0. The number of hydrogen-bond acceptors (Lipinski definition) is 5. The number of fused-ring (bicyclic) bond motifs is 3. The molecule has 6 heteroatoms. The Morgan fingerprint density at radius 2 is 1.49 bits per heavy atom. The van der Waals surface area contributed by atoms with Crippen LogP contribution in [0.2, 0.25) is 0 Å². The first-order chi connectivity index (χ1) is 21.1. The van der Waals surface area contributed by atoms with E-state index in [1.165, 1.54) is 57.8 Å². The number of aliphatic hydroxyl groups is 1. The molecule has 3 aromatic heterocycles. The van der Waals surface area contributed by atoms with Crippen LogP contribution >= 0.6 is 34.0 Å². The topological polar surface area (TPSA) is 40.5 Å². The van der Waals surface area contributed by atoms with Crippen LogP contribution in [0.4, 0.5) is 0 Å². The van der Waals surface area contributed by atoms with Crippen molar-refractivity contribution >= 4 is 45.5 Å². The van der Waals surface area contributed by atoms with Gasteiger partial charge < -0.3 is 10.0 Å². The van der Waals surface area contributed by atoms with Gasteiger partial charge in [-0.1, -0.05) is 64.0 Å². The monoisotopic (exact) mass is 653 g/mol. The van der Waals surface area contributed by atoms with E-state index in [1.54, 1.807) is 35.1 Å². The van der Waals surface area contributed by atoms with Crippen LogP contribution < -0.4 is 0 Å². The molecule has 1 amide bonds. The Balaban J connectivity index is 1.21. The molecule has 3 atom stereocenters. The first-order valence-corrected chi connectivity index (χ1v) is 18.8. The first kappa shape index (κ1) is 29.9. The van der Waals surface area contributed by atoms with Crippen molar-refractivity contribution in [1.29, 1.82) is 0 Å². The number of nitrogens with zero attached hydrogens (tertiary/aromatic N) is 1. The van der Waals surface area contributed by atoms with Crippen LogP contribution in [0.3, 0.4) is 0 Å². The van der Waals surface area contributed by atoms with Crippen LogP contribution in [-0.2, 0) is 11.8 Å². The molecule has 3 nitrogen and oxygen atoms in total. The second-order valence-electron chi connectivity index (χ2n) is 15.3. The van der Waals surface area contributed by atoms with E-state index in [9.17, 15) is 9.90 Å². The molecule has 5 aliphatic rings. The minimum Gasteiger partial charge on any atom is -0.369 e. The number of allylic oxidation sites excluding steroid dienone is 8. The summed E-state index contributed by atoms with van der Waals surface area (Å²) >= 11 is 5.43. The molecule has 0 aromatic carbocycles. The molecule has 4 aliphatic carbocycles. The average Bonchev–Trinajstić information content (AvgIpc) is 3.37. The summed E-state index contributed by atoms with van der Waals surface area (Å²) in [7, 11) is 1.73. The summed E-state index contributed by atoms with van der Waals surface area (Å²) in [5.74, 6) is 0.971. The average molecular weight is 654 g/mol. The lowest BCUT2D eigenvalue weighted by Gasteiger charge is -2.35. The first-order valence-electron chi connectivity index (χ1n) is 16.3. The lowest BCUT2D eigenvalue weighted by Crippen LogP contribution is -2.30. The lowest BCUT2D eigenvalue weighted by atomic mass is 9.71. The minimum atomic E-state index is -0.919. The minimum absolute atomic E-state index is 0.0673. The molecule has 1 aliphatic heterocycles. The number of aliphatic hydroxyl groups excluding tert-OH is 1. The van der Waals surface area contributed by atoms with E-state index in [4.69, 9.17) is 0 Å². The fraction of sp³-hybridized carbons (Fsp3) is 0.462. The van der Waals surface area contributed by atoms with Gasteiger partial charge in [-0.05, 0) is 91.8 Å². The number of rotatable bonds is 4. The second-order valence-corrected chi connectivity index (χ2v) is 18.4. The molecule has 1 saturated carbocycles. The molecule has 1 N–H and O–H groups in total. The Kier molecular flexibility index (Phi) is 6.32. The highest BCUT2D eigenvalue weighted by molar-refractivity contribution is 7.27. The zero-order valence-electron chi connectivity index (χ0n) is 28.1. The van der Waals surface area contributed by atoms with Gasteiger partial charge in [0.2, 0.25) is 0 Å². The van der Waals surface area contributed by atoms with Gasteiger partial charge in [0.25, 0.3) is 5.91 Å². The van der Waals surface area contributed by atoms with Gasteiger partial charge >= 0.3 is 0 Å². The van der Waals surface area contributed by atoms with E-state index in [-0.39, 0.29) is 16.7 Å². The highest BCUT2D eigenvalue weighted by Gasteiger charge is 2.49. The maximum absolute atomic E-state index is 13.6. The van der Waals surface area contributed by atoms with E-state index < -0.39 is 6.23 Å². The molecule has 0 bridgehead atoms. The summed E-state index contributed by atoms with van der Waals surface area (Å²) in [6.45, 7) is 20.7. The number of carbonyl (C=O) groups excluding carboxylic acids is 1.